The lowest BCUT2D eigenvalue weighted by atomic mass is 10.2. The molecule has 0 fully saturated rings. The van der Waals surface area contributed by atoms with Crippen LogP contribution >= 0.6 is 0 Å². The van der Waals surface area contributed by atoms with Gasteiger partial charge in [0.1, 0.15) is 5.75 Å². The molecule has 0 aliphatic carbocycles. The molecule has 0 spiro atoms. The van der Waals surface area contributed by atoms with Gasteiger partial charge in [-0.15, -0.1) is 0 Å². The van der Waals surface area contributed by atoms with Crippen LogP contribution < -0.4 is 4.74 Å². The first-order chi connectivity index (χ1) is 8.29. The summed E-state index contributed by atoms with van der Waals surface area (Å²) in [5.74, 6) is 0.180. The number of hydrogen-bond acceptors (Lipinski definition) is 2. The van der Waals surface area contributed by atoms with Crippen LogP contribution in [0.15, 0.2) is 48.5 Å². The van der Waals surface area contributed by atoms with Crippen molar-refractivity contribution in [1.29, 1.82) is 0 Å². The van der Waals surface area contributed by atoms with Crippen molar-refractivity contribution in [2.75, 3.05) is 0 Å². The molecule has 17 heavy (non-hydrogen) atoms. The quantitative estimate of drug-likeness (QED) is 0.592. The van der Waals surface area contributed by atoms with Gasteiger partial charge in [0.15, 0.2) is 0 Å². The molecule has 0 N–H and O–H groups in total. The fourth-order valence-corrected chi connectivity index (χ4v) is 1.48. The van der Waals surface area contributed by atoms with Crippen LogP contribution in [0.2, 0.25) is 0 Å². The molecule has 0 aliphatic heterocycles. The van der Waals surface area contributed by atoms with Gasteiger partial charge in [-0.1, -0.05) is 37.3 Å². The summed E-state index contributed by atoms with van der Waals surface area (Å²) in [7, 11) is 0. The number of hydrogen-bond donors (Lipinski definition) is 0. The Morgan fingerprint density at radius 2 is 1.94 bits per heavy atom. The Bertz CT molecular complexity index is 486. The average Bonchev–Trinajstić information content (AvgIpc) is 2.40. The minimum atomic E-state index is -0.380. The zero-order chi connectivity index (χ0) is 12.1. The van der Waals surface area contributed by atoms with E-state index in [1.54, 1.807) is 30.3 Å². The zero-order valence-electron chi connectivity index (χ0n) is 9.64. The van der Waals surface area contributed by atoms with E-state index >= 15 is 0 Å². The second-order valence-electron chi connectivity index (χ2n) is 3.66. The number of carbonyl (C=O) groups excluding carboxylic acids is 1. The van der Waals surface area contributed by atoms with Crippen LogP contribution in [0.25, 0.3) is 0 Å². The number of rotatable bonds is 3. The van der Waals surface area contributed by atoms with E-state index in [1.807, 2.05) is 18.2 Å². The fourth-order valence-electron chi connectivity index (χ4n) is 1.48. The topological polar surface area (TPSA) is 26.3 Å². The molecule has 1 radical (unpaired) electrons. The monoisotopic (exact) mass is 225 g/mol. The van der Waals surface area contributed by atoms with Gasteiger partial charge in [-0.3, -0.25) is 0 Å². The maximum atomic E-state index is 11.7. The van der Waals surface area contributed by atoms with Crippen molar-refractivity contribution < 1.29 is 9.53 Å². The van der Waals surface area contributed by atoms with Gasteiger partial charge >= 0.3 is 5.97 Å². The van der Waals surface area contributed by atoms with Gasteiger partial charge in [-0.2, -0.15) is 0 Å². The minimum absolute atomic E-state index is 0.380. The standard InChI is InChI=1S/C15H13O2/c1-2-12-8-10-14(11-9-12)17-15(16)13-6-4-3-5-7-13/h3-6,8-11H,2H2,1H3. The predicted octanol–water partition coefficient (Wildman–Crippen LogP) is 3.27. The molecule has 0 saturated carbocycles. The molecule has 85 valence electrons. The third-order valence-electron chi connectivity index (χ3n) is 2.47. The molecule has 0 amide bonds. The Hall–Kier alpha value is -2.09. The van der Waals surface area contributed by atoms with Crippen molar-refractivity contribution in [3.8, 4) is 5.75 Å². The molecule has 0 aromatic heterocycles. The Kier molecular flexibility index (Phi) is 3.55. The highest BCUT2D eigenvalue weighted by molar-refractivity contribution is 5.90. The first-order valence-corrected chi connectivity index (χ1v) is 5.57. The largest absolute Gasteiger partial charge is 0.423 e. The van der Waals surface area contributed by atoms with Crippen LogP contribution in [0, 0.1) is 6.07 Å². The van der Waals surface area contributed by atoms with E-state index in [-0.39, 0.29) is 5.97 Å². The summed E-state index contributed by atoms with van der Waals surface area (Å²) in [6, 6.07) is 17.3. The van der Waals surface area contributed by atoms with E-state index in [9.17, 15) is 4.79 Å². The average molecular weight is 225 g/mol. The second-order valence-corrected chi connectivity index (χ2v) is 3.66. The lowest BCUT2D eigenvalue weighted by Crippen LogP contribution is -2.08. The maximum absolute atomic E-state index is 11.7. The molecule has 0 bridgehead atoms. The second kappa shape index (κ2) is 5.30. The molecule has 2 nitrogen and oxygen atoms in total. The Labute approximate surface area is 101 Å². The van der Waals surface area contributed by atoms with Gasteiger partial charge in [0.25, 0.3) is 0 Å². The number of aryl methyl sites for hydroxylation is 1. The van der Waals surface area contributed by atoms with Gasteiger partial charge in [-0.25, -0.2) is 4.79 Å². The fraction of sp³-hybridized carbons (Fsp3) is 0.133. The Balaban J connectivity index is 2.08. The van der Waals surface area contributed by atoms with Crippen LogP contribution in [0.3, 0.4) is 0 Å². The SMILES string of the molecule is CCc1ccc(OC(=O)c2[c]cccc2)cc1. The molecule has 0 atom stereocenters. The van der Waals surface area contributed by atoms with E-state index in [4.69, 9.17) is 4.74 Å². The highest BCUT2D eigenvalue weighted by Gasteiger charge is 2.07. The van der Waals surface area contributed by atoms with Crippen LogP contribution in [0.1, 0.15) is 22.8 Å². The van der Waals surface area contributed by atoms with Gasteiger partial charge in [0.05, 0.1) is 5.56 Å². The van der Waals surface area contributed by atoms with Crippen LogP contribution in [-0.4, -0.2) is 5.97 Å². The minimum Gasteiger partial charge on any atom is -0.423 e. The molecular formula is C15H13O2. The lowest BCUT2D eigenvalue weighted by molar-refractivity contribution is 0.0734. The van der Waals surface area contributed by atoms with Gasteiger partial charge in [0.2, 0.25) is 0 Å². The smallest absolute Gasteiger partial charge is 0.344 e. The maximum Gasteiger partial charge on any atom is 0.344 e. The van der Waals surface area contributed by atoms with E-state index in [0.29, 0.717) is 11.3 Å². The van der Waals surface area contributed by atoms with E-state index in [0.717, 1.165) is 6.42 Å². The summed E-state index contributed by atoms with van der Waals surface area (Å²) in [6.45, 7) is 2.08. The number of benzene rings is 2. The summed E-state index contributed by atoms with van der Waals surface area (Å²) >= 11 is 0. The first-order valence-electron chi connectivity index (χ1n) is 5.57. The van der Waals surface area contributed by atoms with Crippen molar-refractivity contribution in [3.05, 3.63) is 65.7 Å². The molecule has 2 aromatic carbocycles. The van der Waals surface area contributed by atoms with Crippen molar-refractivity contribution >= 4 is 5.97 Å². The highest BCUT2D eigenvalue weighted by atomic mass is 16.5. The highest BCUT2D eigenvalue weighted by Crippen LogP contribution is 2.14. The molecule has 2 rings (SSSR count). The molecule has 0 heterocycles. The third-order valence-corrected chi connectivity index (χ3v) is 2.47. The molecule has 2 heteroatoms. The molecule has 2 aromatic rings. The molecule has 0 unspecified atom stereocenters. The predicted molar refractivity (Wildman–Crippen MR) is 66.1 cm³/mol. The van der Waals surface area contributed by atoms with Crippen molar-refractivity contribution in [3.63, 3.8) is 0 Å². The number of esters is 1. The van der Waals surface area contributed by atoms with Crippen LogP contribution in [-0.2, 0) is 6.42 Å². The summed E-state index contributed by atoms with van der Waals surface area (Å²) in [6.07, 6.45) is 0.973. The van der Waals surface area contributed by atoms with E-state index in [1.165, 1.54) is 5.56 Å². The summed E-state index contributed by atoms with van der Waals surface area (Å²) in [5.41, 5.74) is 1.66. The van der Waals surface area contributed by atoms with Gasteiger partial charge in [0, 0.05) is 0 Å². The summed E-state index contributed by atoms with van der Waals surface area (Å²) in [4.78, 5) is 11.7. The summed E-state index contributed by atoms with van der Waals surface area (Å²) in [5, 5.41) is 0. The molecule has 0 aliphatic rings. The van der Waals surface area contributed by atoms with Crippen LogP contribution in [0.5, 0.6) is 5.75 Å². The number of ether oxygens (including phenoxy) is 1. The van der Waals surface area contributed by atoms with Crippen molar-refractivity contribution in [1.82, 2.24) is 0 Å². The van der Waals surface area contributed by atoms with Crippen molar-refractivity contribution in [2.24, 2.45) is 0 Å². The Morgan fingerprint density at radius 3 is 2.53 bits per heavy atom. The van der Waals surface area contributed by atoms with Gasteiger partial charge in [-0.05, 0) is 36.2 Å². The van der Waals surface area contributed by atoms with Gasteiger partial charge < -0.3 is 4.74 Å². The normalized spacial score (nSPS) is 9.94. The third kappa shape index (κ3) is 2.94. The van der Waals surface area contributed by atoms with Crippen LogP contribution in [0.4, 0.5) is 0 Å². The summed E-state index contributed by atoms with van der Waals surface area (Å²) < 4.78 is 5.23. The molecular weight excluding hydrogens is 212 g/mol. The van der Waals surface area contributed by atoms with E-state index < -0.39 is 0 Å². The molecule has 0 saturated heterocycles. The van der Waals surface area contributed by atoms with Crippen molar-refractivity contribution in [2.45, 2.75) is 13.3 Å². The zero-order valence-corrected chi connectivity index (χ0v) is 9.64. The Morgan fingerprint density at radius 1 is 1.18 bits per heavy atom. The van der Waals surface area contributed by atoms with E-state index in [2.05, 4.69) is 13.0 Å². The lowest BCUT2D eigenvalue weighted by Gasteiger charge is -2.04. The first kappa shape index (κ1) is 11.4. The number of carbonyl (C=O) groups is 1.